The highest BCUT2D eigenvalue weighted by Gasteiger charge is 2.26. The number of nitrogens with zero attached hydrogens (tertiary/aromatic N) is 2. The maximum Gasteiger partial charge on any atom is 0.0745 e. The molecule has 0 bridgehead atoms. The molecule has 1 N–H and O–H groups in total. The summed E-state index contributed by atoms with van der Waals surface area (Å²) < 4.78 is 0. The first-order valence-electron chi connectivity index (χ1n) is 6.01. The first kappa shape index (κ1) is 10.7. The van der Waals surface area contributed by atoms with Crippen LogP contribution < -0.4 is 0 Å². The van der Waals surface area contributed by atoms with Crippen LogP contribution in [0.1, 0.15) is 38.5 Å². The van der Waals surface area contributed by atoms with Crippen molar-refractivity contribution in [3.05, 3.63) is 12.2 Å². The van der Waals surface area contributed by atoms with Crippen LogP contribution >= 0.6 is 0 Å². The predicted octanol–water partition coefficient (Wildman–Crippen LogP) is 2.41. The SMILES string of the molecule is ON=C1CCC=CCCC1N1CCCC1. The zero-order valence-corrected chi connectivity index (χ0v) is 9.23. The van der Waals surface area contributed by atoms with Crippen LogP contribution in [0, 0.1) is 0 Å². The van der Waals surface area contributed by atoms with Crippen LogP contribution in [0.4, 0.5) is 0 Å². The fourth-order valence-corrected chi connectivity index (χ4v) is 2.62. The van der Waals surface area contributed by atoms with Crippen LogP contribution in [0.2, 0.25) is 0 Å². The lowest BCUT2D eigenvalue weighted by atomic mass is 9.97. The quantitative estimate of drug-likeness (QED) is 0.408. The Labute approximate surface area is 91.5 Å². The van der Waals surface area contributed by atoms with Gasteiger partial charge >= 0.3 is 0 Å². The van der Waals surface area contributed by atoms with Crippen molar-refractivity contribution in [3.63, 3.8) is 0 Å². The van der Waals surface area contributed by atoms with E-state index in [2.05, 4.69) is 22.2 Å². The fraction of sp³-hybridized carbons (Fsp3) is 0.750. The lowest BCUT2D eigenvalue weighted by molar-refractivity contribution is 0.266. The number of allylic oxidation sites excluding steroid dienone is 2. The molecule has 1 atom stereocenters. The van der Waals surface area contributed by atoms with Crippen LogP contribution in [0.25, 0.3) is 0 Å². The van der Waals surface area contributed by atoms with Crippen molar-refractivity contribution in [3.8, 4) is 0 Å². The molecule has 0 aromatic rings. The van der Waals surface area contributed by atoms with E-state index in [1.165, 1.54) is 25.9 Å². The van der Waals surface area contributed by atoms with Gasteiger partial charge in [-0.15, -0.1) is 0 Å². The van der Waals surface area contributed by atoms with Crippen LogP contribution in [-0.2, 0) is 0 Å². The Bertz CT molecular complexity index is 254. The molecule has 15 heavy (non-hydrogen) atoms. The Morgan fingerprint density at radius 1 is 1.20 bits per heavy atom. The monoisotopic (exact) mass is 208 g/mol. The van der Waals surface area contributed by atoms with Gasteiger partial charge in [0.15, 0.2) is 0 Å². The van der Waals surface area contributed by atoms with E-state index in [0.717, 1.165) is 31.4 Å². The van der Waals surface area contributed by atoms with Crippen molar-refractivity contribution in [1.82, 2.24) is 4.90 Å². The van der Waals surface area contributed by atoms with Gasteiger partial charge in [0, 0.05) is 0 Å². The first-order chi connectivity index (χ1) is 7.42. The molecule has 0 spiro atoms. The molecule has 0 aromatic carbocycles. The lowest BCUT2D eigenvalue weighted by Crippen LogP contribution is -2.39. The molecule has 1 fully saturated rings. The molecular weight excluding hydrogens is 188 g/mol. The minimum Gasteiger partial charge on any atom is -0.411 e. The van der Waals surface area contributed by atoms with Crippen LogP contribution in [-0.4, -0.2) is 35.0 Å². The summed E-state index contributed by atoms with van der Waals surface area (Å²) in [6.45, 7) is 2.35. The summed E-state index contributed by atoms with van der Waals surface area (Å²) in [6.07, 6.45) is 11.2. The van der Waals surface area contributed by atoms with Crippen molar-refractivity contribution < 1.29 is 5.21 Å². The summed E-state index contributed by atoms with van der Waals surface area (Å²) in [6, 6.07) is 0.391. The third-order valence-corrected chi connectivity index (χ3v) is 3.44. The summed E-state index contributed by atoms with van der Waals surface area (Å²) in [7, 11) is 0. The number of likely N-dealkylation sites (tertiary alicyclic amines) is 1. The molecule has 0 aromatic heterocycles. The largest absolute Gasteiger partial charge is 0.411 e. The van der Waals surface area contributed by atoms with Gasteiger partial charge in [0.25, 0.3) is 0 Å². The molecule has 1 unspecified atom stereocenters. The van der Waals surface area contributed by atoms with Crippen LogP contribution in [0.15, 0.2) is 17.3 Å². The Morgan fingerprint density at radius 2 is 1.93 bits per heavy atom. The molecule has 0 amide bonds. The topological polar surface area (TPSA) is 35.8 Å². The molecule has 0 radical (unpaired) electrons. The lowest BCUT2D eigenvalue weighted by Gasteiger charge is -2.28. The third-order valence-electron chi connectivity index (χ3n) is 3.44. The average Bonchev–Trinajstić information content (AvgIpc) is 2.71. The first-order valence-corrected chi connectivity index (χ1v) is 6.01. The fourth-order valence-electron chi connectivity index (χ4n) is 2.62. The molecule has 3 heteroatoms. The van der Waals surface area contributed by atoms with Gasteiger partial charge in [-0.3, -0.25) is 4.90 Å². The van der Waals surface area contributed by atoms with E-state index < -0.39 is 0 Å². The Balaban J connectivity index is 2.06. The third kappa shape index (κ3) is 2.59. The maximum atomic E-state index is 9.08. The number of hydrogen-bond donors (Lipinski definition) is 1. The van der Waals surface area contributed by atoms with E-state index in [9.17, 15) is 0 Å². The van der Waals surface area contributed by atoms with Gasteiger partial charge in [-0.25, -0.2) is 0 Å². The second-order valence-electron chi connectivity index (χ2n) is 4.44. The van der Waals surface area contributed by atoms with E-state index in [0.29, 0.717) is 6.04 Å². The summed E-state index contributed by atoms with van der Waals surface area (Å²) in [4.78, 5) is 2.48. The maximum absolute atomic E-state index is 9.08. The molecule has 1 saturated heterocycles. The van der Waals surface area contributed by atoms with E-state index in [1.807, 2.05) is 0 Å². The highest BCUT2D eigenvalue weighted by molar-refractivity contribution is 5.89. The van der Waals surface area contributed by atoms with Crippen LogP contribution in [0.5, 0.6) is 0 Å². The second kappa shape index (κ2) is 5.31. The zero-order valence-electron chi connectivity index (χ0n) is 9.23. The molecular formula is C12H20N2O. The number of rotatable bonds is 1. The van der Waals surface area contributed by atoms with Crippen molar-refractivity contribution in [2.24, 2.45) is 5.16 Å². The average molecular weight is 208 g/mol. The highest BCUT2D eigenvalue weighted by Crippen LogP contribution is 2.20. The van der Waals surface area contributed by atoms with Crippen LogP contribution in [0.3, 0.4) is 0 Å². The molecule has 1 aliphatic heterocycles. The molecule has 3 nitrogen and oxygen atoms in total. The summed E-state index contributed by atoms with van der Waals surface area (Å²) in [5, 5.41) is 12.6. The van der Waals surface area contributed by atoms with E-state index >= 15 is 0 Å². The second-order valence-corrected chi connectivity index (χ2v) is 4.44. The molecule has 2 aliphatic rings. The van der Waals surface area contributed by atoms with Gasteiger partial charge in [0.1, 0.15) is 0 Å². The minimum atomic E-state index is 0.391. The van der Waals surface area contributed by atoms with E-state index in [-0.39, 0.29) is 0 Å². The van der Waals surface area contributed by atoms with Gasteiger partial charge in [0.2, 0.25) is 0 Å². The normalized spacial score (nSPS) is 31.7. The van der Waals surface area contributed by atoms with E-state index in [4.69, 9.17) is 5.21 Å². The number of oxime groups is 1. The Hall–Kier alpha value is -0.830. The molecule has 1 aliphatic carbocycles. The Kier molecular flexibility index (Phi) is 3.78. The van der Waals surface area contributed by atoms with Gasteiger partial charge in [-0.1, -0.05) is 17.3 Å². The number of hydrogen-bond acceptors (Lipinski definition) is 3. The molecule has 84 valence electrons. The van der Waals surface area contributed by atoms with Gasteiger partial charge in [0.05, 0.1) is 11.8 Å². The highest BCUT2D eigenvalue weighted by atomic mass is 16.4. The van der Waals surface area contributed by atoms with Gasteiger partial charge in [-0.05, 0) is 51.6 Å². The smallest absolute Gasteiger partial charge is 0.0745 e. The van der Waals surface area contributed by atoms with Crippen molar-refractivity contribution in [2.45, 2.75) is 44.6 Å². The van der Waals surface area contributed by atoms with Crippen molar-refractivity contribution in [1.29, 1.82) is 0 Å². The summed E-state index contributed by atoms with van der Waals surface area (Å²) >= 11 is 0. The Morgan fingerprint density at radius 3 is 2.67 bits per heavy atom. The van der Waals surface area contributed by atoms with Gasteiger partial charge in [-0.2, -0.15) is 0 Å². The zero-order chi connectivity index (χ0) is 10.5. The van der Waals surface area contributed by atoms with Crippen molar-refractivity contribution >= 4 is 5.71 Å². The summed E-state index contributed by atoms with van der Waals surface area (Å²) in [5.74, 6) is 0. The molecule has 1 heterocycles. The standard InChI is InChI=1S/C12H20N2O/c15-13-11-7-3-1-2-4-8-12(11)14-9-5-6-10-14/h1-2,12,15H,3-10H2. The minimum absolute atomic E-state index is 0.391. The van der Waals surface area contributed by atoms with Crippen molar-refractivity contribution in [2.75, 3.05) is 13.1 Å². The molecule has 0 saturated carbocycles. The molecule has 2 rings (SSSR count). The van der Waals surface area contributed by atoms with E-state index in [1.54, 1.807) is 0 Å². The van der Waals surface area contributed by atoms with Gasteiger partial charge < -0.3 is 5.21 Å². The predicted molar refractivity (Wildman–Crippen MR) is 61.4 cm³/mol. The summed E-state index contributed by atoms with van der Waals surface area (Å²) in [5.41, 5.74) is 0.987.